The third-order valence-electron chi connectivity index (χ3n) is 9.74. The summed E-state index contributed by atoms with van der Waals surface area (Å²) in [4.78, 5) is 40.1. The lowest BCUT2D eigenvalue weighted by Gasteiger charge is -2.47. The van der Waals surface area contributed by atoms with Crippen LogP contribution < -0.4 is 15.7 Å². The van der Waals surface area contributed by atoms with Gasteiger partial charge >= 0.3 is 5.97 Å². The molecule has 8 nitrogen and oxygen atoms in total. The van der Waals surface area contributed by atoms with Crippen LogP contribution in [0.25, 0.3) is 0 Å². The van der Waals surface area contributed by atoms with Crippen LogP contribution >= 0.6 is 24.2 Å². The minimum Gasteiger partial charge on any atom is -0.454 e. The molecule has 1 aliphatic heterocycles. The van der Waals surface area contributed by atoms with Crippen LogP contribution in [0.3, 0.4) is 0 Å². The number of methoxy groups -OCH3 is 1. The van der Waals surface area contributed by atoms with Crippen molar-refractivity contribution in [3.8, 4) is 0 Å². The monoisotopic (exact) mass is 749 g/mol. The number of halogens is 1. The Balaban J connectivity index is 1.52. The molecule has 2 aliphatic rings. The molecule has 51 heavy (non-hydrogen) atoms. The van der Waals surface area contributed by atoms with E-state index >= 15 is 0 Å². The van der Waals surface area contributed by atoms with Gasteiger partial charge in [0, 0.05) is 30.7 Å². The third kappa shape index (κ3) is 8.37. The Morgan fingerprint density at radius 1 is 0.922 bits per heavy atom. The summed E-state index contributed by atoms with van der Waals surface area (Å²) in [5.74, 6) is -1.07. The predicted octanol–water partition coefficient (Wildman–Crippen LogP) is 6.30. The van der Waals surface area contributed by atoms with Crippen LogP contribution in [0.15, 0.2) is 96.2 Å². The Morgan fingerprint density at radius 2 is 1.45 bits per heavy atom. The Labute approximate surface area is 312 Å². The zero-order valence-electron chi connectivity index (χ0n) is 30.3. The van der Waals surface area contributed by atoms with Crippen molar-refractivity contribution in [2.45, 2.75) is 89.2 Å². The fraction of sp³-hybridized carbons (Fsp3) is 0.425. The van der Waals surface area contributed by atoms with Crippen molar-refractivity contribution in [3.05, 3.63) is 107 Å². The molecule has 1 saturated heterocycles. The lowest BCUT2D eigenvalue weighted by atomic mass is 9.73. The summed E-state index contributed by atoms with van der Waals surface area (Å²) in [6, 6.07) is 26.1. The number of carbonyl (C=O) groups excluding carboxylic acids is 3. The van der Waals surface area contributed by atoms with E-state index in [1.807, 2.05) is 50.2 Å². The van der Waals surface area contributed by atoms with Crippen molar-refractivity contribution in [3.63, 3.8) is 0 Å². The van der Waals surface area contributed by atoms with Crippen molar-refractivity contribution in [1.82, 2.24) is 5.32 Å². The Bertz CT molecular complexity index is 1680. The Morgan fingerprint density at radius 3 is 1.94 bits per heavy atom. The smallest absolute Gasteiger partial charge is 0.338 e. The number of esters is 1. The molecule has 3 aromatic rings. The molecule has 1 aliphatic carbocycles. The van der Waals surface area contributed by atoms with Crippen LogP contribution in [0.2, 0.25) is 10.1 Å². The molecule has 1 heterocycles. The minimum atomic E-state index is -2.98. The van der Waals surface area contributed by atoms with Gasteiger partial charge in [-0.25, -0.2) is 4.79 Å². The molecule has 0 spiro atoms. The number of hydrogen-bond donors (Lipinski definition) is 2. The van der Waals surface area contributed by atoms with Crippen LogP contribution in [0, 0.1) is 5.41 Å². The summed E-state index contributed by atoms with van der Waals surface area (Å²) < 4.78 is 26.1. The second-order valence-electron chi connectivity index (χ2n) is 15.2. The maximum Gasteiger partial charge on any atom is 0.338 e. The van der Waals surface area contributed by atoms with E-state index in [1.54, 1.807) is 31.2 Å². The standard InChI is InChI=1S/C40H48ClNO7SSi/c1-25(33-30(43)22-40(5,6)23-31(33)44)42-34-36(49-37(45)26-18-20-27(41)21-19-26)35(46-7)32(48-38(34)50)24-47-51(39(2,3)4,28-14-10-8-11-15-28)29-16-12-9-13-17-29/h8-21,32,34-36,38,42,50H,22-24H2,1-7H3/t32-,34+,35-,36-,38+/m1/s1. The number of allylic oxidation sites excluding steroid dienone is 2. The van der Waals surface area contributed by atoms with Gasteiger partial charge in [-0.2, -0.15) is 0 Å². The minimum absolute atomic E-state index is 0.108. The second-order valence-corrected chi connectivity index (χ2v) is 20.4. The van der Waals surface area contributed by atoms with Crippen molar-refractivity contribution in [2.24, 2.45) is 5.41 Å². The second kappa shape index (κ2) is 15.8. The molecule has 1 N–H and O–H groups in total. The molecule has 3 aromatic carbocycles. The van der Waals surface area contributed by atoms with Gasteiger partial charge in [0.25, 0.3) is 8.32 Å². The Hall–Kier alpha value is -3.25. The number of Topliss-reactive ketones (excluding diaryl/α,β-unsaturated/α-hetero) is 2. The van der Waals surface area contributed by atoms with E-state index < -0.39 is 49.5 Å². The Kier molecular flexibility index (Phi) is 12.1. The van der Waals surface area contributed by atoms with E-state index in [-0.39, 0.29) is 41.6 Å². The average molecular weight is 750 g/mol. The molecule has 272 valence electrons. The van der Waals surface area contributed by atoms with Crippen LogP contribution in [-0.4, -0.2) is 69.4 Å². The summed E-state index contributed by atoms with van der Waals surface area (Å²) >= 11 is 11.0. The first-order chi connectivity index (χ1) is 24.1. The summed E-state index contributed by atoms with van der Waals surface area (Å²) in [5, 5.41) is 5.70. The average Bonchev–Trinajstić information content (AvgIpc) is 3.06. The highest BCUT2D eigenvalue weighted by molar-refractivity contribution is 7.80. The van der Waals surface area contributed by atoms with Crippen LogP contribution in [0.5, 0.6) is 0 Å². The molecule has 1 saturated carbocycles. The number of nitrogens with one attached hydrogen (secondary N) is 1. The van der Waals surface area contributed by atoms with Gasteiger partial charge in [-0.05, 0) is 52.0 Å². The zero-order chi connectivity index (χ0) is 37.1. The first-order valence-electron chi connectivity index (χ1n) is 17.2. The molecule has 0 bridgehead atoms. The third-order valence-corrected chi connectivity index (χ3v) is 15.4. The van der Waals surface area contributed by atoms with Crippen molar-refractivity contribution < 1.29 is 33.0 Å². The van der Waals surface area contributed by atoms with Crippen molar-refractivity contribution in [1.29, 1.82) is 0 Å². The van der Waals surface area contributed by atoms with Crippen LogP contribution in [-0.2, 0) is 28.2 Å². The number of thiol groups is 1. The fourth-order valence-electron chi connectivity index (χ4n) is 7.38. The van der Waals surface area contributed by atoms with E-state index in [0.29, 0.717) is 16.3 Å². The van der Waals surface area contributed by atoms with Gasteiger partial charge in [-0.3, -0.25) is 9.59 Å². The summed E-state index contributed by atoms with van der Waals surface area (Å²) in [6.07, 6.45) is -2.02. The van der Waals surface area contributed by atoms with Gasteiger partial charge in [-0.1, -0.05) is 107 Å². The molecule has 5 atom stereocenters. The number of carbonyl (C=O) groups is 3. The quantitative estimate of drug-likeness (QED) is 0.0820. The molecular weight excluding hydrogens is 702 g/mol. The van der Waals surface area contributed by atoms with Crippen LogP contribution in [0.4, 0.5) is 0 Å². The summed E-state index contributed by atoms with van der Waals surface area (Å²) in [6.45, 7) is 12.2. The summed E-state index contributed by atoms with van der Waals surface area (Å²) in [7, 11) is -1.45. The lowest BCUT2D eigenvalue weighted by molar-refractivity contribution is -0.180. The van der Waals surface area contributed by atoms with Gasteiger partial charge in [0.2, 0.25) is 0 Å². The number of benzene rings is 3. The lowest BCUT2D eigenvalue weighted by Crippen LogP contribution is -2.69. The van der Waals surface area contributed by atoms with Crippen molar-refractivity contribution in [2.75, 3.05) is 13.7 Å². The molecule has 0 unspecified atom stereocenters. The SMILES string of the molecule is CO[C@H]1[C@H](OC(=O)c2ccc(Cl)cc2)[C@H](NC(C)=C2C(=O)CC(C)(C)CC2=O)[C@H](S)O[C@@H]1CO[Si](c1ccccc1)(c1ccccc1)C(C)(C)C. The molecule has 11 heteroatoms. The number of ketones is 2. The molecule has 2 fully saturated rings. The van der Waals surface area contributed by atoms with Gasteiger partial charge in [-0.15, -0.1) is 12.6 Å². The molecule has 0 aromatic heterocycles. The van der Waals surface area contributed by atoms with E-state index in [2.05, 4.69) is 50.4 Å². The van der Waals surface area contributed by atoms with Gasteiger partial charge < -0.3 is 24.0 Å². The largest absolute Gasteiger partial charge is 0.454 e. The molecule has 0 radical (unpaired) electrons. The maximum absolute atomic E-state index is 13.7. The van der Waals surface area contributed by atoms with E-state index in [0.717, 1.165) is 10.4 Å². The molecular formula is C40H48ClNO7SSi. The number of rotatable bonds is 10. The maximum atomic E-state index is 13.7. The van der Waals surface area contributed by atoms with E-state index in [1.165, 1.54) is 7.11 Å². The molecule has 0 amide bonds. The summed E-state index contributed by atoms with van der Waals surface area (Å²) in [5.41, 5.74) is -0.492. The predicted molar refractivity (Wildman–Crippen MR) is 205 cm³/mol. The van der Waals surface area contributed by atoms with E-state index in [4.69, 9.17) is 42.9 Å². The van der Waals surface area contributed by atoms with Crippen LogP contribution in [0.1, 0.15) is 64.7 Å². The van der Waals surface area contributed by atoms with E-state index in [9.17, 15) is 14.4 Å². The first-order valence-corrected chi connectivity index (χ1v) is 20.0. The van der Waals surface area contributed by atoms with Gasteiger partial charge in [0.1, 0.15) is 23.7 Å². The normalized spacial score (nSPS) is 23.9. The zero-order valence-corrected chi connectivity index (χ0v) is 32.9. The number of ether oxygens (including phenoxy) is 3. The highest BCUT2D eigenvalue weighted by Gasteiger charge is 2.53. The fourth-order valence-corrected chi connectivity index (χ4v) is 12.5. The van der Waals surface area contributed by atoms with Crippen molar-refractivity contribution >= 4 is 60.5 Å². The molecule has 5 rings (SSSR count). The van der Waals surface area contributed by atoms with Gasteiger partial charge in [0.05, 0.1) is 17.7 Å². The first kappa shape index (κ1) is 39.0. The van der Waals surface area contributed by atoms with Gasteiger partial charge in [0.15, 0.2) is 17.7 Å². The highest BCUT2D eigenvalue weighted by Crippen LogP contribution is 2.39. The highest BCUT2D eigenvalue weighted by atomic mass is 35.5. The topological polar surface area (TPSA) is 100 Å². The number of hydrogen-bond acceptors (Lipinski definition) is 9.